The van der Waals surface area contributed by atoms with Gasteiger partial charge >= 0.3 is 0 Å². The van der Waals surface area contributed by atoms with Gasteiger partial charge in [-0.2, -0.15) is 0 Å². The van der Waals surface area contributed by atoms with Crippen LogP contribution in [0, 0.1) is 0 Å². The summed E-state index contributed by atoms with van der Waals surface area (Å²) in [6.07, 6.45) is 3.80. The van der Waals surface area contributed by atoms with Crippen LogP contribution in [-0.2, 0) is 6.54 Å². The van der Waals surface area contributed by atoms with E-state index in [-0.39, 0.29) is 0 Å². The molecule has 24 heavy (non-hydrogen) atoms. The number of hydrogen-bond donors (Lipinski definition) is 1. The topological polar surface area (TPSA) is 39.6 Å². The van der Waals surface area contributed by atoms with Crippen molar-refractivity contribution in [2.45, 2.75) is 45.3 Å². The van der Waals surface area contributed by atoms with E-state index < -0.39 is 5.60 Å². The van der Waals surface area contributed by atoms with Crippen LogP contribution in [0.25, 0.3) is 10.9 Å². The first-order valence-electron chi connectivity index (χ1n) is 8.97. The molecule has 4 heteroatoms. The Morgan fingerprint density at radius 2 is 1.88 bits per heavy atom. The fourth-order valence-corrected chi connectivity index (χ4v) is 3.65. The van der Waals surface area contributed by atoms with Crippen LogP contribution in [0.1, 0.15) is 38.7 Å². The fourth-order valence-electron chi connectivity index (χ4n) is 3.65. The van der Waals surface area contributed by atoms with Gasteiger partial charge in [-0.1, -0.05) is 18.2 Å². The maximum atomic E-state index is 10.1. The zero-order valence-corrected chi connectivity index (χ0v) is 15.1. The number of rotatable bonds is 5. The van der Waals surface area contributed by atoms with Gasteiger partial charge in [-0.15, -0.1) is 0 Å². The normalized spacial score (nSPS) is 16.1. The van der Waals surface area contributed by atoms with E-state index in [1.807, 2.05) is 13.8 Å². The molecule has 130 valence electrons. The third-order valence-electron chi connectivity index (χ3n) is 4.53. The third kappa shape index (κ3) is 4.25. The summed E-state index contributed by atoms with van der Waals surface area (Å²) in [6, 6.07) is 10.6. The molecule has 0 radical (unpaired) electrons. The van der Waals surface area contributed by atoms with Gasteiger partial charge in [0.1, 0.15) is 5.82 Å². The number of likely N-dealkylation sites (N-methyl/N-ethyl adjacent to an activating group) is 1. The minimum atomic E-state index is -0.690. The first-order chi connectivity index (χ1) is 11.4. The molecule has 0 bridgehead atoms. The van der Waals surface area contributed by atoms with E-state index in [0.29, 0.717) is 6.54 Å². The summed E-state index contributed by atoms with van der Waals surface area (Å²) in [5.41, 5.74) is 1.62. The fraction of sp³-hybridized carbons (Fsp3) is 0.550. The van der Waals surface area contributed by atoms with Crippen molar-refractivity contribution in [3.63, 3.8) is 0 Å². The Bertz CT molecular complexity index is 687. The van der Waals surface area contributed by atoms with E-state index in [0.717, 1.165) is 31.0 Å². The first-order valence-corrected chi connectivity index (χ1v) is 8.97. The van der Waals surface area contributed by atoms with Gasteiger partial charge in [0.25, 0.3) is 0 Å². The smallest absolute Gasteiger partial charge is 0.133 e. The summed E-state index contributed by atoms with van der Waals surface area (Å²) in [5.74, 6) is 1.12. The molecule has 1 aromatic carbocycles. The van der Waals surface area contributed by atoms with Crippen molar-refractivity contribution in [2.75, 3.05) is 31.6 Å². The number of hydrogen-bond acceptors (Lipinski definition) is 4. The number of fused-ring (bicyclic) bond motifs is 1. The summed E-state index contributed by atoms with van der Waals surface area (Å²) in [5, 5.41) is 11.3. The quantitative estimate of drug-likeness (QED) is 0.913. The summed E-state index contributed by atoms with van der Waals surface area (Å²) in [4.78, 5) is 9.60. The standard InChI is InChI=1S/C20H29N3O/c1-20(2,24)15-22(3)14-17-13-16-9-5-6-10-18(16)21-19(17)23-11-7-4-8-12-23/h5-6,9-10,13,24H,4,7-8,11-12,14-15H2,1-3H3. The molecule has 3 rings (SSSR count). The highest BCUT2D eigenvalue weighted by Crippen LogP contribution is 2.27. The van der Waals surface area contributed by atoms with Gasteiger partial charge < -0.3 is 10.0 Å². The van der Waals surface area contributed by atoms with Gasteiger partial charge in [0, 0.05) is 37.1 Å². The lowest BCUT2D eigenvalue weighted by Crippen LogP contribution is -2.37. The molecule has 0 amide bonds. The lowest BCUT2D eigenvalue weighted by atomic mass is 10.1. The Balaban J connectivity index is 1.93. The van der Waals surface area contributed by atoms with Crippen molar-refractivity contribution >= 4 is 16.7 Å². The molecule has 2 aromatic rings. The zero-order chi connectivity index (χ0) is 17.2. The highest BCUT2D eigenvalue weighted by atomic mass is 16.3. The van der Waals surface area contributed by atoms with E-state index >= 15 is 0 Å². The second kappa shape index (κ2) is 7.08. The second-order valence-electron chi connectivity index (χ2n) is 7.70. The molecule has 2 heterocycles. The second-order valence-corrected chi connectivity index (χ2v) is 7.70. The minimum absolute atomic E-state index is 0.638. The number of aliphatic hydroxyl groups is 1. The van der Waals surface area contributed by atoms with E-state index in [1.54, 1.807) is 0 Å². The maximum Gasteiger partial charge on any atom is 0.133 e. The van der Waals surface area contributed by atoms with Crippen molar-refractivity contribution in [2.24, 2.45) is 0 Å². The predicted octanol–water partition coefficient (Wildman–Crippen LogP) is 3.43. The highest BCUT2D eigenvalue weighted by Gasteiger charge is 2.20. The SMILES string of the molecule is CN(Cc1cc2ccccc2nc1N1CCCCC1)CC(C)(C)O. The Kier molecular flexibility index (Phi) is 5.07. The number of pyridine rings is 1. The minimum Gasteiger partial charge on any atom is -0.389 e. The number of benzene rings is 1. The molecule has 1 saturated heterocycles. The molecule has 1 aliphatic heterocycles. The van der Waals surface area contributed by atoms with Crippen LogP contribution in [-0.4, -0.2) is 47.3 Å². The predicted molar refractivity (Wildman–Crippen MR) is 100 cm³/mol. The lowest BCUT2D eigenvalue weighted by molar-refractivity contribution is 0.0425. The van der Waals surface area contributed by atoms with E-state index in [1.165, 1.54) is 30.2 Å². The number of para-hydroxylation sites is 1. The Morgan fingerprint density at radius 3 is 2.58 bits per heavy atom. The molecule has 1 fully saturated rings. The molecule has 1 aliphatic rings. The van der Waals surface area contributed by atoms with Crippen LogP contribution in [0.5, 0.6) is 0 Å². The average molecular weight is 327 g/mol. The van der Waals surface area contributed by atoms with Crippen molar-refractivity contribution in [1.82, 2.24) is 9.88 Å². The Morgan fingerprint density at radius 1 is 1.17 bits per heavy atom. The third-order valence-corrected chi connectivity index (χ3v) is 4.53. The van der Waals surface area contributed by atoms with E-state index in [2.05, 4.69) is 47.2 Å². The maximum absolute atomic E-state index is 10.1. The van der Waals surface area contributed by atoms with Crippen molar-refractivity contribution in [1.29, 1.82) is 0 Å². The summed E-state index contributed by atoms with van der Waals surface area (Å²) in [6.45, 7) is 7.33. The molecule has 0 saturated carbocycles. The largest absolute Gasteiger partial charge is 0.389 e. The molecule has 0 unspecified atom stereocenters. The number of aromatic nitrogens is 1. The summed E-state index contributed by atoms with van der Waals surface area (Å²) >= 11 is 0. The van der Waals surface area contributed by atoms with Gasteiger partial charge in [0.2, 0.25) is 0 Å². The number of nitrogens with zero attached hydrogens (tertiary/aromatic N) is 3. The van der Waals surface area contributed by atoms with Crippen LogP contribution in [0.4, 0.5) is 5.82 Å². The van der Waals surface area contributed by atoms with E-state index in [4.69, 9.17) is 4.98 Å². The van der Waals surface area contributed by atoms with Crippen LogP contribution in [0.3, 0.4) is 0 Å². The highest BCUT2D eigenvalue weighted by molar-refractivity contribution is 5.81. The number of anilines is 1. The number of piperidine rings is 1. The van der Waals surface area contributed by atoms with Crippen LogP contribution in [0.2, 0.25) is 0 Å². The van der Waals surface area contributed by atoms with Gasteiger partial charge in [-0.25, -0.2) is 4.98 Å². The van der Waals surface area contributed by atoms with Crippen LogP contribution >= 0.6 is 0 Å². The van der Waals surface area contributed by atoms with Gasteiger partial charge in [0.15, 0.2) is 0 Å². The van der Waals surface area contributed by atoms with Crippen LogP contribution < -0.4 is 4.90 Å². The summed E-state index contributed by atoms with van der Waals surface area (Å²) in [7, 11) is 2.06. The monoisotopic (exact) mass is 327 g/mol. The van der Waals surface area contributed by atoms with Gasteiger partial charge in [-0.3, -0.25) is 4.90 Å². The van der Waals surface area contributed by atoms with Crippen molar-refractivity contribution < 1.29 is 5.11 Å². The first kappa shape index (κ1) is 17.2. The van der Waals surface area contributed by atoms with Crippen molar-refractivity contribution in [3.05, 3.63) is 35.9 Å². The molecule has 0 spiro atoms. The Labute approximate surface area is 145 Å². The molecule has 4 nitrogen and oxygen atoms in total. The molecular formula is C20H29N3O. The molecule has 1 N–H and O–H groups in total. The van der Waals surface area contributed by atoms with Gasteiger partial charge in [0.05, 0.1) is 11.1 Å². The Hall–Kier alpha value is -1.65. The molecule has 1 aromatic heterocycles. The summed E-state index contributed by atoms with van der Waals surface area (Å²) < 4.78 is 0. The van der Waals surface area contributed by atoms with Crippen LogP contribution in [0.15, 0.2) is 30.3 Å². The lowest BCUT2D eigenvalue weighted by Gasteiger charge is -2.31. The molecule has 0 aliphatic carbocycles. The van der Waals surface area contributed by atoms with E-state index in [9.17, 15) is 5.11 Å². The van der Waals surface area contributed by atoms with Crippen molar-refractivity contribution in [3.8, 4) is 0 Å². The molecule has 0 atom stereocenters. The molecular weight excluding hydrogens is 298 g/mol. The zero-order valence-electron chi connectivity index (χ0n) is 15.1. The van der Waals surface area contributed by atoms with Gasteiger partial charge in [-0.05, 0) is 52.3 Å². The average Bonchev–Trinajstić information content (AvgIpc) is 2.53.